The number of benzene rings is 1. The number of carbonyl (C=O) groups is 1. The van der Waals surface area contributed by atoms with E-state index in [2.05, 4.69) is 10.2 Å². The summed E-state index contributed by atoms with van der Waals surface area (Å²) in [5, 5.41) is 12.9. The smallest absolute Gasteiger partial charge is 0.166 e. The molecule has 1 saturated heterocycles. The van der Waals surface area contributed by atoms with Crippen molar-refractivity contribution in [2.45, 2.75) is 32.4 Å². The average Bonchev–Trinajstić information content (AvgIpc) is 2.38. The zero-order valence-electron chi connectivity index (χ0n) is 10.7. The first-order chi connectivity index (χ1) is 8.68. The third-order valence-corrected chi connectivity index (χ3v) is 3.34. The fraction of sp³-hybridized carbons (Fsp3) is 0.500. The average molecular weight is 248 g/mol. The third-order valence-electron chi connectivity index (χ3n) is 3.34. The van der Waals surface area contributed by atoms with Crippen LogP contribution in [0.2, 0.25) is 0 Å². The fourth-order valence-corrected chi connectivity index (χ4v) is 2.37. The molecule has 2 N–H and O–H groups in total. The molecule has 0 unspecified atom stereocenters. The summed E-state index contributed by atoms with van der Waals surface area (Å²) in [6, 6.07) is 7.02. The van der Waals surface area contributed by atoms with E-state index in [0.29, 0.717) is 5.69 Å². The van der Waals surface area contributed by atoms with Crippen molar-refractivity contribution in [3.05, 3.63) is 24.3 Å². The minimum absolute atomic E-state index is 0.0835. The summed E-state index contributed by atoms with van der Waals surface area (Å²) >= 11 is 0. The first-order valence-electron chi connectivity index (χ1n) is 6.47. The highest BCUT2D eigenvalue weighted by atomic mass is 16.3. The first kappa shape index (κ1) is 12.9. The Morgan fingerprint density at radius 2 is 1.94 bits per heavy atom. The number of hydrogen-bond acceptors (Lipinski definition) is 4. The number of piperidine rings is 1. The van der Waals surface area contributed by atoms with Crippen LogP contribution < -0.4 is 5.32 Å². The molecule has 0 amide bonds. The molecule has 0 aromatic heterocycles. The number of phenolic OH excluding ortho intramolecular Hbond substituents is 1. The van der Waals surface area contributed by atoms with Crippen LogP contribution in [0.4, 0.5) is 5.69 Å². The molecule has 0 bridgehead atoms. The van der Waals surface area contributed by atoms with Crippen LogP contribution in [0.25, 0.3) is 0 Å². The van der Waals surface area contributed by atoms with Gasteiger partial charge in [0.2, 0.25) is 0 Å². The number of Topliss-reactive ketones (excluding diaryl/α,β-unsaturated/α-hetero) is 1. The molecule has 98 valence electrons. The van der Waals surface area contributed by atoms with Crippen LogP contribution in [0.15, 0.2) is 24.3 Å². The van der Waals surface area contributed by atoms with Gasteiger partial charge in [0.1, 0.15) is 11.9 Å². The van der Waals surface area contributed by atoms with Gasteiger partial charge in [0.15, 0.2) is 5.78 Å². The SMILES string of the molecule is CC(=O)[C@@H](Nc1ccccc1O)N1CCCCC1. The zero-order chi connectivity index (χ0) is 13.0. The molecule has 1 aliphatic rings. The van der Waals surface area contributed by atoms with Crippen molar-refractivity contribution in [2.24, 2.45) is 0 Å². The van der Waals surface area contributed by atoms with Gasteiger partial charge in [0.25, 0.3) is 0 Å². The number of rotatable bonds is 4. The number of phenols is 1. The summed E-state index contributed by atoms with van der Waals surface area (Å²) < 4.78 is 0. The van der Waals surface area contributed by atoms with E-state index in [1.165, 1.54) is 6.42 Å². The molecule has 4 nitrogen and oxygen atoms in total. The molecule has 2 rings (SSSR count). The predicted molar refractivity (Wildman–Crippen MR) is 71.6 cm³/mol. The lowest BCUT2D eigenvalue weighted by molar-refractivity contribution is -0.121. The molecule has 1 fully saturated rings. The number of likely N-dealkylation sites (tertiary alicyclic amines) is 1. The third kappa shape index (κ3) is 3.01. The number of ketones is 1. The summed E-state index contributed by atoms with van der Waals surface area (Å²) in [6.07, 6.45) is 3.16. The number of nitrogens with zero attached hydrogens (tertiary/aromatic N) is 1. The van der Waals surface area contributed by atoms with Gasteiger partial charge in [-0.05, 0) is 31.9 Å². The van der Waals surface area contributed by atoms with E-state index in [-0.39, 0.29) is 17.7 Å². The highest BCUT2D eigenvalue weighted by Crippen LogP contribution is 2.24. The second kappa shape index (κ2) is 5.87. The highest BCUT2D eigenvalue weighted by molar-refractivity contribution is 5.84. The molecule has 1 aliphatic heterocycles. The van der Waals surface area contributed by atoms with Gasteiger partial charge < -0.3 is 10.4 Å². The molecular formula is C14H20N2O2. The van der Waals surface area contributed by atoms with E-state index in [1.54, 1.807) is 25.1 Å². The zero-order valence-corrected chi connectivity index (χ0v) is 10.7. The standard InChI is InChI=1S/C14H20N2O2/c1-11(17)14(16-9-5-2-6-10-16)15-12-7-3-4-8-13(12)18/h3-4,7-8,14-15,18H,2,5-6,9-10H2,1H3/t14-/m0/s1. The van der Waals surface area contributed by atoms with Gasteiger partial charge in [-0.2, -0.15) is 0 Å². The van der Waals surface area contributed by atoms with Gasteiger partial charge in [-0.1, -0.05) is 18.6 Å². The van der Waals surface area contributed by atoms with Crippen LogP contribution in [-0.4, -0.2) is 35.0 Å². The van der Waals surface area contributed by atoms with E-state index in [4.69, 9.17) is 0 Å². The van der Waals surface area contributed by atoms with Crippen LogP contribution in [0, 0.1) is 0 Å². The van der Waals surface area contributed by atoms with Crippen molar-refractivity contribution in [1.82, 2.24) is 4.90 Å². The van der Waals surface area contributed by atoms with Gasteiger partial charge in [0, 0.05) is 13.1 Å². The minimum atomic E-state index is -0.335. The Morgan fingerprint density at radius 3 is 2.56 bits per heavy atom. The van der Waals surface area contributed by atoms with Crippen molar-refractivity contribution in [2.75, 3.05) is 18.4 Å². The van der Waals surface area contributed by atoms with Crippen LogP contribution in [-0.2, 0) is 4.79 Å². The fourth-order valence-electron chi connectivity index (χ4n) is 2.37. The lowest BCUT2D eigenvalue weighted by atomic mass is 10.1. The van der Waals surface area contributed by atoms with E-state index in [0.717, 1.165) is 25.9 Å². The topological polar surface area (TPSA) is 52.6 Å². The Morgan fingerprint density at radius 1 is 1.28 bits per heavy atom. The molecule has 0 spiro atoms. The van der Waals surface area contributed by atoms with Crippen LogP contribution in [0.1, 0.15) is 26.2 Å². The monoisotopic (exact) mass is 248 g/mol. The lowest BCUT2D eigenvalue weighted by Crippen LogP contribution is -2.48. The summed E-state index contributed by atoms with van der Waals surface area (Å²) in [7, 11) is 0. The molecule has 1 atom stereocenters. The second-order valence-electron chi connectivity index (χ2n) is 4.77. The molecule has 0 aliphatic carbocycles. The van der Waals surface area contributed by atoms with E-state index >= 15 is 0 Å². The van der Waals surface area contributed by atoms with Gasteiger partial charge in [-0.25, -0.2) is 0 Å². The maximum atomic E-state index is 11.8. The number of aromatic hydroxyl groups is 1. The largest absolute Gasteiger partial charge is 0.506 e. The van der Waals surface area contributed by atoms with Crippen molar-refractivity contribution in [3.8, 4) is 5.75 Å². The van der Waals surface area contributed by atoms with Gasteiger partial charge in [0.05, 0.1) is 5.69 Å². The maximum absolute atomic E-state index is 11.8. The quantitative estimate of drug-likeness (QED) is 0.802. The molecular weight excluding hydrogens is 228 g/mol. The van der Waals surface area contributed by atoms with E-state index < -0.39 is 0 Å². The number of carbonyl (C=O) groups excluding carboxylic acids is 1. The summed E-state index contributed by atoms with van der Waals surface area (Å²) in [4.78, 5) is 13.9. The molecule has 4 heteroatoms. The van der Waals surface area contributed by atoms with Gasteiger partial charge in [-0.3, -0.25) is 9.69 Å². The van der Waals surface area contributed by atoms with E-state index in [1.807, 2.05) is 6.07 Å². The number of nitrogens with one attached hydrogen (secondary N) is 1. The van der Waals surface area contributed by atoms with Crippen LogP contribution in [0.5, 0.6) is 5.75 Å². The summed E-state index contributed by atoms with van der Waals surface area (Å²) in [5.74, 6) is 0.265. The molecule has 1 heterocycles. The van der Waals surface area contributed by atoms with E-state index in [9.17, 15) is 9.90 Å². The lowest BCUT2D eigenvalue weighted by Gasteiger charge is -2.34. The van der Waals surface area contributed by atoms with Crippen molar-refractivity contribution in [3.63, 3.8) is 0 Å². The summed E-state index contributed by atoms with van der Waals surface area (Å²) in [5.41, 5.74) is 0.614. The summed E-state index contributed by atoms with van der Waals surface area (Å²) in [6.45, 7) is 3.46. The second-order valence-corrected chi connectivity index (χ2v) is 4.77. The van der Waals surface area contributed by atoms with Crippen LogP contribution >= 0.6 is 0 Å². The maximum Gasteiger partial charge on any atom is 0.166 e. The van der Waals surface area contributed by atoms with Crippen molar-refractivity contribution < 1.29 is 9.90 Å². The van der Waals surface area contributed by atoms with Gasteiger partial charge >= 0.3 is 0 Å². The normalized spacial score (nSPS) is 18.3. The van der Waals surface area contributed by atoms with Crippen molar-refractivity contribution >= 4 is 11.5 Å². The Balaban J connectivity index is 2.11. The Hall–Kier alpha value is -1.55. The first-order valence-corrected chi connectivity index (χ1v) is 6.47. The Bertz CT molecular complexity index is 414. The molecule has 0 radical (unpaired) electrons. The molecule has 0 saturated carbocycles. The highest BCUT2D eigenvalue weighted by Gasteiger charge is 2.24. The number of para-hydroxylation sites is 2. The Kier molecular flexibility index (Phi) is 4.20. The molecule has 18 heavy (non-hydrogen) atoms. The Labute approximate surface area is 108 Å². The van der Waals surface area contributed by atoms with Crippen molar-refractivity contribution in [1.29, 1.82) is 0 Å². The molecule has 1 aromatic carbocycles. The minimum Gasteiger partial charge on any atom is -0.506 e. The van der Waals surface area contributed by atoms with Gasteiger partial charge in [-0.15, -0.1) is 0 Å². The number of hydrogen-bond donors (Lipinski definition) is 2. The van der Waals surface area contributed by atoms with Crippen LogP contribution in [0.3, 0.4) is 0 Å². The predicted octanol–water partition coefficient (Wildman–Crippen LogP) is 2.21. The molecule has 1 aromatic rings. The number of anilines is 1.